The molecule has 0 saturated heterocycles. The van der Waals surface area contributed by atoms with Crippen LogP contribution in [0.3, 0.4) is 0 Å². The molecule has 6 heteroatoms. The van der Waals surface area contributed by atoms with Crippen LogP contribution in [0.5, 0.6) is 11.5 Å². The van der Waals surface area contributed by atoms with Crippen LogP contribution >= 0.6 is 0 Å². The fraction of sp³-hybridized carbons (Fsp3) is 0.217. The Kier molecular flexibility index (Phi) is 4.08. The normalized spacial score (nSPS) is 15.9. The molecule has 2 heterocycles. The molecule has 1 saturated carbocycles. The lowest BCUT2D eigenvalue weighted by Gasteiger charge is -2.15. The van der Waals surface area contributed by atoms with E-state index >= 15 is 0 Å². The molecule has 2 aromatic carbocycles. The van der Waals surface area contributed by atoms with E-state index in [1.807, 2.05) is 18.2 Å². The third kappa shape index (κ3) is 3.05. The van der Waals surface area contributed by atoms with Gasteiger partial charge in [-0.1, -0.05) is 18.2 Å². The summed E-state index contributed by atoms with van der Waals surface area (Å²) in [6.07, 6.45) is 1.66. The lowest BCUT2D eigenvalue weighted by molar-refractivity contribution is -0.120. The Bertz CT molecular complexity index is 1120. The van der Waals surface area contributed by atoms with Gasteiger partial charge in [-0.2, -0.15) is 0 Å². The van der Waals surface area contributed by atoms with Gasteiger partial charge in [-0.3, -0.25) is 9.78 Å². The number of halogens is 2. The second kappa shape index (κ2) is 6.65. The fourth-order valence-electron chi connectivity index (χ4n) is 3.81. The third-order valence-corrected chi connectivity index (χ3v) is 5.58. The standard InChI is InChI=1S/C23H17F2NO3/c24-17-5-2-4-16(22(17)25)18-6-1-3-15(26-18)12-21(27)23(9-10-23)14-7-8-19-20(11-14)29-13-28-19/h1-8,11H,9-10,12-13H2. The minimum Gasteiger partial charge on any atom is -0.454 e. The Hall–Kier alpha value is -3.28. The zero-order valence-electron chi connectivity index (χ0n) is 15.5. The van der Waals surface area contributed by atoms with Crippen LogP contribution in [-0.4, -0.2) is 17.6 Å². The highest BCUT2D eigenvalue weighted by atomic mass is 19.2. The van der Waals surface area contributed by atoms with Crippen LogP contribution in [0, 0.1) is 11.6 Å². The molecule has 146 valence electrons. The van der Waals surface area contributed by atoms with Crippen molar-refractivity contribution in [3.05, 3.63) is 77.5 Å². The van der Waals surface area contributed by atoms with E-state index in [4.69, 9.17) is 9.47 Å². The summed E-state index contributed by atoms with van der Waals surface area (Å²) in [6, 6.07) is 14.6. The first-order chi connectivity index (χ1) is 14.1. The number of ketones is 1. The van der Waals surface area contributed by atoms with Crippen LogP contribution in [0.2, 0.25) is 0 Å². The summed E-state index contributed by atoms with van der Waals surface area (Å²) in [5, 5.41) is 0. The smallest absolute Gasteiger partial charge is 0.231 e. The largest absolute Gasteiger partial charge is 0.454 e. The predicted molar refractivity (Wildman–Crippen MR) is 102 cm³/mol. The number of carbonyl (C=O) groups is 1. The van der Waals surface area contributed by atoms with Crippen molar-refractivity contribution in [3.63, 3.8) is 0 Å². The van der Waals surface area contributed by atoms with Gasteiger partial charge in [0, 0.05) is 17.7 Å². The van der Waals surface area contributed by atoms with Gasteiger partial charge in [-0.05, 0) is 54.8 Å². The van der Waals surface area contributed by atoms with Crippen molar-refractivity contribution in [1.29, 1.82) is 0 Å². The van der Waals surface area contributed by atoms with Gasteiger partial charge >= 0.3 is 0 Å². The molecule has 0 atom stereocenters. The van der Waals surface area contributed by atoms with Gasteiger partial charge in [-0.15, -0.1) is 0 Å². The number of nitrogens with zero attached hydrogens (tertiary/aromatic N) is 1. The SMILES string of the molecule is O=C(Cc1cccc(-c2cccc(F)c2F)n1)C1(c2ccc3c(c2)OCO3)CC1. The molecular formula is C23H17F2NO3. The summed E-state index contributed by atoms with van der Waals surface area (Å²) in [7, 11) is 0. The average Bonchev–Trinajstić information content (AvgIpc) is 3.41. The van der Waals surface area contributed by atoms with Crippen LogP contribution in [0.4, 0.5) is 8.78 Å². The monoisotopic (exact) mass is 393 g/mol. The van der Waals surface area contributed by atoms with Gasteiger partial charge in [0.1, 0.15) is 5.78 Å². The highest BCUT2D eigenvalue weighted by molar-refractivity contribution is 5.94. The van der Waals surface area contributed by atoms with Gasteiger partial charge in [0.05, 0.1) is 11.1 Å². The second-order valence-electron chi connectivity index (χ2n) is 7.37. The van der Waals surface area contributed by atoms with E-state index in [1.165, 1.54) is 12.1 Å². The van der Waals surface area contributed by atoms with Crippen molar-refractivity contribution in [1.82, 2.24) is 4.98 Å². The first-order valence-corrected chi connectivity index (χ1v) is 9.41. The Balaban J connectivity index is 1.41. The van der Waals surface area contributed by atoms with E-state index in [0.29, 0.717) is 22.9 Å². The summed E-state index contributed by atoms with van der Waals surface area (Å²) >= 11 is 0. The summed E-state index contributed by atoms with van der Waals surface area (Å²) in [5.41, 5.74) is 1.29. The molecule has 2 aliphatic rings. The molecule has 29 heavy (non-hydrogen) atoms. The van der Waals surface area contributed by atoms with Crippen LogP contribution in [-0.2, 0) is 16.6 Å². The number of benzene rings is 2. The number of hydrogen-bond acceptors (Lipinski definition) is 4. The van der Waals surface area contributed by atoms with Crippen LogP contribution in [0.1, 0.15) is 24.1 Å². The predicted octanol–water partition coefficient (Wildman–Crippen LogP) is 4.60. The zero-order chi connectivity index (χ0) is 20.0. The number of pyridine rings is 1. The van der Waals surface area contributed by atoms with E-state index in [-0.39, 0.29) is 24.6 Å². The Morgan fingerprint density at radius 1 is 1.00 bits per heavy atom. The molecule has 1 aliphatic carbocycles. The number of fused-ring (bicyclic) bond motifs is 1. The second-order valence-corrected chi connectivity index (χ2v) is 7.37. The van der Waals surface area contributed by atoms with Gasteiger partial charge in [0.15, 0.2) is 23.1 Å². The van der Waals surface area contributed by atoms with Crippen LogP contribution in [0.15, 0.2) is 54.6 Å². The number of Topliss-reactive ketones (excluding diaryl/α,β-unsaturated/α-hetero) is 1. The molecule has 1 fully saturated rings. The van der Waals surface area contributed by atoms with Gasteiger partial charge in [0.25, 0.3) is 0 Å². The first-order valence-electron chi connectivity index (χ1n) is 9.41. The van der Waals surface area contributed by atoms with Crippen molar-refractivity contribution in [2.45, 2.75) is 24.7 Å². The molecule has 0 spiro atoms. The average molecular weight is 393 g/mol. The number of ether oxygens (including phenoxy) is 2. The van der Waals surface area contributed by atoms with E-state index < -0.39 is 17.0 Å². The number of rotatable bonds is 5. The lowest BCUT2D eigenvalue weighted by Crippen LogP contribution is -2.23. The molecule has 4 nitrogen and oxygen atoms in total. The van der Waals surface area contributed by atoms with Crippen LogP contribution in [0.25, 0.3) is 11.3 Å². The minimum atomic E-state index is -0.942. The first kappa shape index (κ1) is 17.8. The summed E-state index contributed by atoms with van der Waals surface area (Å²) < 4.78 is 38.4. The zero-order valence-corrected chi connectivity index (χ0v) is 15.5. The van der Waals surface area contributed by atoms with Crippen LogP contribution < -0.4 is 9.47 Å². The van der Waals surface area contributed by atoms with Gasteiger partial charge in [0.2, 0.25) is 6.79 Å². The maximum absolute atomic E-state index is 14.1. The Labute approximate surface area is 166 Å². The Morgan fingerprint density at radius 3 is 2.62 bits per heavy atom. The highest BCUT2D eigenvalue weighted by Gasteiger charge is 2.51. The van der Waals surface area contributed by atoms with Crippen molar-refractivity contribution in [2.24, 2.45) is 0 Å². The third-order valence-electron chi connectivity index (χ3n) is 5.58. The van der Waals surface area contributed by atoms with Crippen molar-refractivity contribution in [2.75, 3.05) is 6.79 Å². The highest BCUT2D eigenvalue weighted by Crippen LogP contribution is 2.51. The molecule has 0 bridgehead atoms. The molecule has 5 rings (SSSR count). The fourth-order valence-corrected chi connectivity index (χ4v) is 3.81. The molecule has 3 aromatic rings. The summed E-state index contributed by atoms with van der Waals surface area (Å²) in [5.74, 6) is -0.472. The van der Waals surface area contributed by atoms with E-state index in [2.05, 4.69) is 4.98 Å². The van der Waals surface area contributed by atoms with Gasteiger partial charge < -0.3 is 9.47 Å². The van der Waals surface area contributed by atoms with E-state index in [0.717, 1.165) is 24.5 Å². The molecule has 1 aliphatic heterocycles. The quantitative estimate of drug-likeness (QED) is 0.636. The topological polar surface area (TPSA) is 48.4 Å². The van der Waals surface area contributed by atoms with Gasteiger partial charge in [-0.25, -0.2) is 8.78 Å². The number of aromatic nitrogens is 1. The molecule has 0 N–H and O–H groups in total. The molecule has 1 aromatic heterocycles. The minimum absolute atomic E-state index is 0.0562. The summed E-state index contributed by atoms with van der Waals surface area (Å²) in [6.45, 7) is 0.188. The van der Waals surface area contributed by atoms with Crippen molar-refractivity contribution >= 4 is 5.78 Å². The molecular weight excluding hydrogens is 376 g/mol. The lowest BCUT2D eigenvalue weighted by atomic mass is 9.88. The van der Waals surface area contributed by atoms with Crippen molar-refractivity contribution in [3.8, 4) is 22.8 Å². The Morgan fingerprint density at radius 2 is 1.79 bits per heavy atom. The molecule has 0 radical (unpaired) electrons. The number of carbonyl (C=O) groups excluding carboxylic acids is 1. The van der Waals surface area contributed by atoms with E-state index in [9.17, 15) is 13.6 Å². The van der Waals surface area contributed by atoms with E-state index in [1.54, 1.807) is 18.2 Å². The summed E-state index contributed by atoms with van der Waals surface area (Å²) in [4.78, 5) is 17.5. The molecule has 0 amide bonds. The maximum Gasteiger partial charge on any atom is 0.231 e. The molecule has 0 unspecified atom stereocenters. The van der Waals surface area contributed by atoms with Crippen molar-refractivity contribution < 1.29 is 23.0 Å². The number of hydrogen-bond donors (Lipinski definition) is 0. The maximum atomic E-state index is 14.1.